The van der Waals surface area contributed by atoms with Gasteiger partial charge in [0, 0.05) is 12.1 Å². The summed E-state index contributed by atoms with van der Waals surface area (Å²) in [7, 11) is -2.22. The molecular weight excluding hydrogens is 312 g/mol. The highest BCUT2D eigenvalue weighted by atomic mass is 35.5. The number of methoxy groups -OCH3 is 1. The highest BCUT2D eigenvalue weighted by Gasteiger charge is 2.31. The number of sulfonamides is 1. The Balaban J connectivity index is 3.29. The van der Waals surface area contributed by atoms with Gasteiger partial charge in [0.05, 0.1) is 17.0 Å². The molecule has 0 bridgehead atoms. The zero-order valence-corrected chi connectivity index (χ0v) is 14.4. The minimum Gasteiger partial charge on any atom is -0.495 e. The number of ether oxygens (including phenoxy) is 1. The van der Waals surface area contributed by atoms with E-state index >= 15 is 0 Å². The van der Waals surface area contributed by atoms with Crippen molar-refractivity contribution in [3.05, 3.63) is 22.7 Å². The fraction of sp³-hybridized carbons (Fsp3) is 0.571. The molecule has 0 saturated carbocycles. The van der Waals surface area contributed by atoms with Crippen LogP contribution in [0.4, 0.5) is 0 Å². The lowest BCUT2D eigenvalue weighted by molar-refractivity contribution is 0.363. The summed E-state index contributed by atoms with van der Waals surface area (Å²) >= 11 is 6.04. The van der Waals surface area contributed by atoms with E-state index in [1.807, 2.05) is 13.8 Å². The van der Waals surface area contributed by atoms with Gasteiger partial charge in [-0.1, -0.05) is 25.4 Å². The summed E-state index contributed by atoms with van der Waals surface area (Å²) in [4.78, 5) is 0.146. The Bertz CT molecular complexity index is 590. The summed E-state index contributed by atoms with van der Waals surface area (Å²) in [5.41, 5.74) is 5.68. The van der Waals surface area contributed by atoms with Crippen molar-refractivity contribution in [1.82, 2.24) is 4.72 Å². The van der Waals surface area contributed by atoms with Crippen molar-refractivity contribution in [2.24, 2.45) is 5.73 Å². The molecule has 0 saturated heterocycles. The lowest BCUT2D eigenvalue weighted by Gasteiger charge is -2.31. The van der Waals surface area contributed by atoms with E-state index in [0.29, 0.717) is 24.2 Å². The molecule has 0 fully saturated rings. The number of rotatable bonds is 7. The maximum absolute atomic E-state index is 12.6. The zero-order valence-electron chi connectivity index (χ0n) is 12.9. The van der Waals surface area contributed by atoms with Crippen LogP contribution in [0.2, 0.25) is 5.02 Å². The summed E-state index contributed by atoms with van der Waals surface area (Å²) in [5, 5.41) is 0.259. The quantitative estimate of drug-likeness (QED) is 0.802. The normalized spacial score (nSPS) is 12.5. The molecule has 0 radical (unpaired) electrons. The first-order valence-electron chi connectivity index (χ1n) is 6.83. The van der Waals surface area contributed by atoms with Gasteiger partial charge in [-0.15, -0.1) is 0 Å². The highest BCUT2D eigenvalue weighted by molar-refractivity contribution is 7.89. The van der Waals surface area contributed by atoms with Crippen LogP contribution in [0.25, 0.3) is 0 Å². The number of nitrogens with two attached hydrogens (primary N) is 1. The number of hydrogen-bond acceptors (Lipinski definition) is 4. The second-order valence-electron chi connectivity index (χ2n) is 5.05. The van der Waals surface area contributed by atoms with Crippen LogP contribution in [0.3, 0.4) is 0 Å². The van der Waals surface area contributed by atoms with Crippen molar-refractivity contribution in [3.8, 4) is 5.75 Å². The van der Waals surface area contributed by atoms with Crippen LogP contribution < -0.4 is 15.2 Å². The van der Waals surface area contributed by atoms with Crippen molar-refractivity contribution in [2.45, 2.75) is 44.0 Å². The van der Waals surface area contributed by atoms with E-state index < -0.39 is 15.6 Å². The van der Waals surface area contributed by atoms with Crippen LogP contribution in [-0.2, 0) is 10.0 Å². The molecule has 1 aromatic rings. The average Bonchev–Trinajstić information content (AvgIpc) is 2.46. The van der Waals surface area contributed by atoms with Crippen molar-refractivity contribution in [2.75, 3.05) is 13.7 Å². The molecule has 0 aliphatic heterocycles. The molecule has 120 valence electrons. The first-order chi connectivity index (χ1) is 9.75. The molecule has 1 rings (SSSR count). The van der Waals surface area contributed by atoms with E-state index in [1.165, 1.54) is 13.2 Å². The Morgan fingerprint density at radius 2 is 1.90 bits per heavy atom. The van der Waals surface area contributed by atoms with E-state index in [-0.39, 0.29) is 16.5 Å². The maximum atomic E-state index is 12.6. The van der Waals surface area contributed by atoms with Gasteiger partial charge in [0.15, 0.2) is 0 Å². The third-order valence-electron chi connectivity index (χ3n) is 3.83. The molecule has 0 unspecified atom stereocenters. The molecule has 0 spiro atoms. The number of benzene rings is 1. The second-order valence-corrected chi connectivity index (χ2v) is 7.11. The lowest BCUT2D eigenvalue weighted by atomic mass is 9.95. The Labute approximate surface area is 131 Å². The summed E-state index contributed by atoms with van der Waals surface area (Å²) in [5.74, 6) is 0.448. The predicted molar refractivity (Wildman–Crippen MR) is 85.4 cm³/mol. The van der Waals surface area contributed by atoms with E-state index in [0.717, 1.165) is 0 Å². The van der Waals surface area contributed by atoms with Gasteiger partial charge < -0.3 is 10.5 Å². The minimum atomic E-state index is -3.70. The zero-order chi connectivity index (χ0) is 16.3. The van der Waals surface area contributed by atoms with Gasteiger partial charge in [0.2, 0.25) is 10.0 Å². The van der Waals surface area contributed by atoms with Crippen LogP contribution in [-0.4, -0.2) is 27.6 Å². The number of hydrogen-bond donors (Lipinski definition) is 2. The van der Waals surface area contributed by atoms with Gasteiger partial charge >= 0.3 is 0 Å². The second kappa shape index (κ2) is 6.96. The number of halogens is 1. The smallest absolute Gasteiger partial charge is 0.241 e. The largest absolute Gasteiger partial charge is 0.495 e. The topological polar surface area (TPSA) is 81.4 Å². The fourth-order valence-electron chi connectivity index (χ4n) is 2.15. The predicted octanol–water partition coefficient (Wildman–Crippen LogP) is 2.45. The Morgan fingerprint density at radius 1 is 1.33 bits per heavy atom. The molecule has 21 heavy (non-hydrogen) atoms. The van der Waals surface area contributed by atoms with Crippen molar-refractivity contribution >= 4 is 21.6 Å². The summed E-state index contributed by atoms with van der Waals surface area (Å²) in [6.07, 6.45) is 1.23. The van der Waals surface area contributed by atoms with E-state index in [1.54, 1.807) is 13.0 Å². The van der Waals surface area contributed by atoms with Gasteiger partial charge in [-0.3, -0.25) is 0 Å². The fourth-order valence-corrected chi connectivity index (χ4v) is 4.26. The molecule has 0 aliphatic rings. The Kier molecular flexibility index (Phi) is 6.04. The molecule has 0 aliphatic carbocycles. The highest BCUT2D eigenvalue weighted by Crippen LogP contribution is 2.31. The van der Waals surface area contributed by atoms with Gasteiger partial charge in [0.1, 0.15) is 5.75 Å². The van der Waals surface area contributed by atoms with Gasteiger partial charge in [0.25, 0.3) is 0 Å². The summed E-state index contributed by atoms with van der Waals surface area (Å²) < 4.78 is 33.1. The van der Waals surface area contributed by atoms with Crippen LogP contribution >= 0.6 is 11.6 Å². The number of aryl methyl sites for hydroxylation is 1. The Hall–Kier alpha value is -0.820. The van der Waals surface area contributed by atoms with E-state index in [2.05, 4.69) is 4.72 Å². The molecular formula is C14H23ClN2O3S. The first-order valence-corrected chi connectivity index (χ1v) is 8.69. The summed E-state index contributed by atoms with van der Waals surface area (Å²) in [6.45, 7) is 5.76. The molecule has 7 heteroatoms. The lowest BCUT2D eigenvalue weighted by Crippen LogP contribution is -2.52. The molecule has 5 nitrogen and oxygen atoms in total. The van der Waals surface area contributed by atoms with Gasteiger partial charge in [-0.05, 0) is 37.5 Å². The molecule has 0 atom stereocenters. The molecule has 0 heterocycles. The minimum absolute atomic E-state index is 0.146. The first kappa shape index (κ1) is 18.2. The molecule has 3 N–H and O–H groups in total. The Morgan fingerprint density at radius 3 is 2.33 bits per heavy atom. The van der Waals surface area contributed by atoms with Crippen molar-refractivity contribution in [1.29, 1.82) is 0 Å². The van der Waals surface area contributed by atoms with Gasteiger partial charge in [-0.2, -0.15) is 0 Å². The molecule has 0 aromatic heterocycles. The van der Waals surface area contributed by atoms with Crippen LogP contribution in [0.15, 0.2) is 17.0 Å². The van der Waals surface area contributed by atoms with Crippen LogP contribution in [0.5, 0.6) is 5.75 Å². The average molecular weight is 335 g/mol. The molecule has 0 amide bonds. The number of nitrogens with one attached hydrogen (secondary N) is 1. The third kappa shape index (κ3) is 3.88. The third-order valence-corrected chi connectivity index (χ3v) is 5.85. The SMILES string of the molecule is CCC(CC)(CN)NS(=O)(=O)c1cc(Cl)c(OC)cc1C. The van der Waals surface area contributed by atoms with E-state index in [4.69, 9.17) is 22.1 Å². The summed E-state index contributed by atoms with van der Waals surface area (Å²) in [6, 6.07) is 3.02. The van der Waals surface area contributed by atoms with Crippen LogP contribution in [0.1, 0.15) is 32.3 Å². The van der Waals surface area contributed by atoms with Crippen LogP contribution in [0, 0.1) is 6.92 Å². The van der Waals surface area contributed by atoms with Crippen molar-refractivity contribution in [3.63, 3.8) is 0 Å². The van der Waals surface area contributed by atoms with Gasteiger partial charge in [-0.25, -0.2) is 13.1 Å². The monoisotopic (exact) mass is 334 g/mol. The van der Waals surface area contributed by atoms with Crippen molar-refractivity contribution < 1.29 is 13.2 Å². The molecule has 1 aromatic carbocycles. The standard InChI is InChI=1S/C14H23ClN2O3S/c1-5-14(6-2,9-16)17-21(18,19)13-8-11(15)12(20-4)7-10(13)3/h7-8,17H,5-6,9,16H2,1-4H3. The maximum Gasteiger partial charge on any atom is 0.241 e. The van der Waals surface area contributed by atoms with E-state index in [9.17, 15) is 8.42 Å².